The van der Waals surface area contributed by atoms with Crippen LogP contribution >= 0.6 is 0 Å². The van der Waals surface area contributed by atoms with Crippen LogP contribution in [0.2, 0.25) is 0 Å². The molecule has 1 fully saturated rings. The summed E-state index contributed by atoms with van der Waals surface area (Å²) in [5.74, 6) is -0.228. The number of benzene rings is 1. The van der Waals surface area contributed by atoms with Crippen molar-refractivity contribution in [3.63, 3.8) is 0 Å². The summed E-state index contributed by atoms with van der Waals surface area (Å²) in [4.78, 5) is 22.5. The van der Waals surface area contributed by atoms with Crippen molar-refractivity contribution in [2.75, 3.05) is 12.0 Å². The zero-order chi connectivity index (χ0) is 17.8. The summed E-state index contributed by atoms with van der Waals surface area (Å²) in [5, 5.41) is 10.9. The highest BCUT2D eigenvalue weighted by atomic mass is 19.1. The summed E-state index contributed by atoms with van der Waals surface area (Å²) < 4.78 is 19.9. The Labute approximate surface area is 143 Å². The van der Waals surface area contributed by atoms with Gasteiger partial charge < -0.3 is 9.84 Å². The molecule has 1 aromatic carbocycles. The van der Waals surface area contributed by atoms with Crippen molar-refractivity contribution < 1.29 is 19.0 Å². The number of aromatic nitrogens is 1. The quantitative estimate of drug-likeness (QED) is 0.850. The summed E-state index contributed by atoms with van der Waals surface area (Å²) in [5.41, 5.74) is 0.104. The van der Waals surface area contributed by atoms with Gasteiger partial charge in [0.05, 0.1) is 18.5 Å². The van der Waals surface area contributed by atoms with E-state index in [1.165, 1.54) is 24.3 Å². The number of hydrogen-bond acceptors (Lipinski definition) is 6. The first-order valence-electron chi connectivity index (χ1n) is 7.84. The molecule has 1 aromatic heterocycles. The Morgan fingerprint density at radius 3 is 2.92 bits per heavy atom. The van der Waals surface area contributed by atoms with E-state index in [4.69, 9.17) is 4.74 Å². The van der Waals surface area contributed by atoms with E-state index in [-0.39, 0.29) is 12.3 Å². The van der Waals surface area contributed by atoms with Gasteiger partial charge in [0.2, 0.25) is 11.7 Å². The molecule has 0 aliphatic carbocycles. The number of alkyl halides is 1. The Morgan fingerprint density at radius 1 is 1.36 bits per heavy atom. The molecule has 2 aliphatic heterocycles. The minimum atomic E-state index is -1.97. The van der Waals surface area contributed by atoms with E-state index in [0.29, 0.717) is 22.8 Å². The van der Waals surface area contributed by atoms with Crippen LogP contribution in [0.4, 0.5) is 15.8 Å². The number of methoxy groups -OCH3 is 1. The smallest absolute Gasteiger partial charge is 0.214 e. The molecule has 25 heavy (non-hydrogen) atoms. The maximum absolute atomic E-state index is 14.8. The second-order valence-corrected chi connectivity index (χ2v) is 6.21. The van der Waals surface area contributed by atoms with Crippen LogP contribution in [-0.4, -0.2) is 40.7 Å². The number of hydrogen-bond donors (Lipinski definition) is 1. The third-order valence-electron chi connectivity index (χ3n) is 4.55. The molecule has 1 saturated heterocycles. The first-order valence-corrected chi connectivity index (χ1v) is 7.84. The van der Waals surface area contributed by atoms with Crippen LogP contribution in [0, 0.1) is 6.92 Å². The predicted molar refractivity (Wildman–Crippen MR) is 90.3 cm³/mol. The number of aliphatic hydroxyl groups is 1. The van der Waals surface area contributed by atoms with Gasteiger partial charge >= 0.3 is 0 Å². The molecule has 4 rings (SSSR count). The molecule has 6 nitrogen and oxygen atoms in total. The van der Waals surface area contributed by atoms with Crippen LogP contribution < -0.4 is 9.64 Å². The zero-order valence-electron chi connectivity index (χ0n) is 13.7. The molecule has 1 N–H and O–H groups in total. The van der Waals surface area contributed by atoms with Crippen LogP contribution in [0.15, 0.2) is 41.5 Å². The van der Waals surface area contributed by atoms with Crippen molar-refractivity contribution in [2.24, 2.45) is 4.99 Å². The van der Waals surface area contributed by atoms with Crippen molar-refractivity contribution in [3.8, 4) is 5.88 Å². The number of pyridine rings is 1. The SMILES string of the molecule is COc1cc(N2C3=Nc4cc(C)ccc4C(=O)C3(O)C[C@@H]2F)ccn1. The minimum absolute atomic E-state index is 0.00338. The van der Waals surface area contributed by atoms with Gasteiger partial charge in [-0.05, 0) is 30.7 Å². The zero-order valence-corrected chi connectivity index (χ0v) is 13.7. The number of anilines is 1. The van der Waals surface area contributed by atoms with Gasteiger partial charge in [0, 0.05) is 24.2 Å². The number of carbonyl (C=O) groups is 1. The summed E-state index contributed by atoms with van der Waals surface area (Å²) in [7, 11) is 1.46. The number of nitrogens with zero attached hydrogens (tertiary/aromatic N) is 3. The Balaban J connectivity index is 1.89. The van der Waals surface area contributed by atoms with Gasteiger partial charge in [-0.25, -0.2) is 14.4 Å². The molecule has 0 amide bonds. The number of amidine groups is 1. The van der Waals surface area contributed by atoms with Gasteiger partial charge in [0.1, 0.15) is 0 Å². The highest BCUT2D eigenvalue weighted by Crippen LogP contribution is 2.43. The largest absolute Gasteiger partial charge is 0.481 e. The molecule has 0 saturated carbocycles. The molecule has 3 heterocycles. The molecule has 7 heteroatoms. The highest BCUT2D eigenvalue weighted by molar-refractivity contribution is 6.28. The lowest BCUT2D eigenvalue weighted by Crippen LogP contribution is -2.48. The second-order valence-electron chi connectivity index (χ2n) is 6.21. The average molecular weight is 341 g/mol. The summed E-state index contributed by atoms with van der Waals surface area (Å²) in [6.07, 6.45) is -0.486. The van der Waals surface area contributed by atoms with Crippen molar-refractivity contribution >= 4 is 23.0 Å². The monoisotopic (exact) mass is 341 g/mol. The molecule has 128 valence electrons. The van der Waals surface area contributed by atoms with Crippen LogP contribution in [0.1, 0.15) is 22.3 Å². The Bertz CT molecular complexity index is 914. The maximum atomic E-state index is 14.8. The first-order chi connectivity index (χ1) is 11.9. The Morgan fingerprint density at radius 2 is 2.16 bits per heavy atom. The van der Waals surface area contributed by atoms with E-state index in [2.05, 4.69) is 9.98 Å². The highest BCUT2D eigenvalue weighted by Gasteiger charge is 2.56. The maximum Gasteiger partial charge on any atom is 0.214 e. The van der Waals surface area contributed by atoms with E-state index in [9.17, 15) is 14.3 Å². The van der Waals surface area contributed by atoms with Gasteiger partial charge in [-0.3, -0.25) is 9.69 Å². The number of halogens is 1. The third kappa shape index (κ3) is 2.23. The van der Waals surface area contributed by atoms with Crippen LogP contribution in [0.3, 0.4) is 0 Å². The molecule has 0 bridgehead atoms. The predicted octanol–water partition coefficient (Wildman–Crippen LogP) is 2.56. The molecular weight excluding hydrogens is 325 g/mol. The number of ether oxygens (including phenoxy) is 1. The number of carbonyl (C=O) groups excluding carboxylic acids is 1. The number of fused-ring (bicyclic) bond motifs is 2. The molecular formula is C18H16FN3O3. The Kier molecular flexibility index (Phi) is 3.36. The van der Waals surface area contributed by atoms with E-state index in [1.54, 1.807) is 24.3 Å². The van der Waals surface area contributed by atoms with E-state index < -0.39 is 17.7 Å². The Hall–Kier alpha value is -2.80. The third-order valence-corrected chi connectivity index (χ3v) is 4.55. The van der Waals surface area contributed by atoms with Gasteiger partial charge in [0.25, 0.3) is 0 Å². The van der Waals surface area contributed by atoms with Crippen molar-refractivity contribution in [1.29, 1.82) is 0 Å². The van der Waals surface area contributed by atoms with Gasteiger partial charge in [-0.15, -0.1) is 0 Å². The van der Waals surface area contributed by atoms with Crippen molar-refractivity contribution in [3.05, 3.63) is 47.7 Å². The van der Waals surface area contributed by atoms with Crippen LogP contribution in [0.5, 0.6) is 5.88 Å². The molecule has 2 aromatic rings. The van der Waals surface area contributed by atoms with Crippen molar-refractivity contribution in [2.45, 2.75) is 25.2 Å². The van der Waals surface area contributed by atoms with Gasteiger partial charge in [0.15, 0.2) is 17.7 Å². The molecule has 1 unspecified atom stereocenters. The summed E-state index contributed by atoms with van der Waals surface area (Å²) in [6.45, 7) is 1.88. The number of aryl methyl sites for hydroxylation is 1. The fourth-order valence-electron chi connectivity index (χ4n) is 3.31. The van der Waals surface area contributed by atoms with E-state index in [1.807, 2.05) is 6.92 Å². The topological polar surface area (TPSA) is 75.0 Å². The minimum Gasteiger partial charge on any atom is -0.481 e. The fourth-order valence-corrected chi connectivity index (χ4v) is 3.31. The summed E-state index contributed by atoms with van der Waals surface area (Å²) >= 11 is 0. The number of rotatable bonds is 2. The van der Waals surface area contributed by atoms with Gasteiger partial charge in [-0.1, -0.05) is 6.07 Å². The summed E-state index contributed by atoms with van der Waals surface area (Å²) in [6, 6.07) is 8.26. The fraction of sp³-hybridized carbons (Fsp3) is 0.278. The lowest BCUT2D eigenvalue weighted by atomic mass is 9.87. The molecule has 2 aliphatic rings. The average Bonchev–Trinajstić information content (AvgIpc) is 2.86. The van der Waals surface area contributed by atoms with Crippen LogP contribution in [0.25, 0.3) is 0 Å². The number of Topliss-reactive ketones (excluding diaryl/α,β-unsaturated/α-hetero) is 1. The first kappa shape index (κ1) is 15.7. The molecule has 0 spiro atoms. The van der Waals surface area contributed by atoms with Crippen LogP contribution in [-0.2, 0) is 0 Å². The number of aliphatic imine (C=N–C) groups is 1. The standard InChI is InChI=1S/C18H16FN3O3/c1-10-3-4-12-13(7-10)21-17-18(24,16(12)23)9-14(19)22(17)11-5-6-20-15(8-11)25-2/h3-8,14,24H,9H2,1-2H3/t14-,18?/m1/s1. The lowest BCUT2D eigenvalue weighted by Gasteiger charge is -2.29. The number of ketones is 1. The van der Waals surface area contributed by atoms with E-state index >= 15 is 0 Å². The second kappa shape index (κ2) is 5.35. The van der Waals surface area contributed by atoms with Gasteiger partial charge in [-0.2, -0.15) is 0 Å². The molecule has 0 radical (unpaired) electrons. The van der Waals surface area contributed by atoms with Crippen molar-refractivity contribution in [1.82, 2.24) is 4.98 Å². The lowest BCUT2D eigenvalue weighted by molar-refractivity contribution is 0.0549. The molecule has 2 atom stereocenters. The van der Waals surface area contributed by atoms with E-state index in [0.717, 1.165) is 5.56 Å². The normalized spacial score (nSPS) is 24.6.